The van der Waals surface area contributed by atoms with Crippen molar-refractivity contribution < 1.29 is 87.1 Å². The van der Waals surface area contributed by atoms with Gasteiger partial charge in [0.1, 0.15) is 5.69 Å². The molecule has 0 saturated carbocycles. The Morgan fingerprint density at radius 2 is 1.35 bits per heavy atom. The van der Waals surface area contributed by atoms with Crippen molar-refractivity contribution in [2.45, 2.75) is 4.90 Å². The summed E-state index contributed by atoms with van der Waals surface area (Å²) in [5, 5.41) is 39.8. The van der Waals surface area contributed by atoms with Crippen LogP contribution in [-0.2, 0) is 10.1 Å². The number of benzene rings is 4. The molecule has 0 aliphatic carbocycles. The van der Waals surface area contributed by atoms with Crippen LogP contribution in [0, 0.1) is 0 Å². The standard InChI is InChI=1S/C23H17N5O6S.2Na/c24-20-9-1-13-11-17(35(32,33)34)7-8-18(13)22(20)28-26-15-4-2-14(3-5-15)25-27-16-6-10-21(29)19(12-16)23(30)31;;/h1-12,29H,24H2,(H,30,31)(H,32,33,34);;/q;2*+1/p-2. The van der Waals surface area contributed by atoms with Gasteiger partial charge in [-0.05, 0) is 65.5 Å². The summed E-state index contributed by atoms with van der Waals surface area (Å²) in [5.74, 6) is -2.27. The van der Waals surface area contributed by atoms with Gasteiger partial charge in [0.25, 0.3) is 10.1 Å². The molecule has 0 spiro atoms. The minimum Gasteiger partial charge on any atom is -0.872 e. The molecule has 0 atom stereocenters. The topological polar surface area (TPSA) is 193 Å². The molecule has 0 saturated heterocycles. The van der Waals surface area contributed by atoms with E-state index in [4.69, 9.17) is 5.73 Å². The number of nitrogens with two attached hydrogens (primary N) is 1. The van der Waals surface area contributed by atoms with Crippen molar-refractivity contribution in [1.82, 2.24) is 0 Å². The summed E-state index contributed by atoms with van der Waals surface area (Å²) < 4.78 is 32.0. The Morgan fingerprint density at radius 3 is 1.95 bits per heavy atom. The number of hydrogen-bond donors (Lipinski definition) is 2. The monoisotopic (exact) mass is 535 g/mol. The van der Waals surface area contributed by atoms with Crippen LogP contribution >= 0.6 is 0 Å². The maximum absolute atomic E-state index is 11.5. The van der Waals surface area contributed by atoms with E-state index in [9.17, 15) is 28.0 Å². The molecule has 11 nitrogen and oxygen atoms in total. The van der Waals surface area contributed by atoms with E-state index >= 15 is 0 Å². The first kappa shape index (κ1) is 30.5. The fourth-order valence-electron chi connectivity index (χ4n) is 3.13. The molecule has 4 aromatic rings. The van der Waals surface area contributed by atoms with E-state index in [0.29, 0.717) is 33.5 Å². The molecular formula is C23H15N5Na2O6S. The number of rotatable bonds is 6. The van der Waals surface area contributed by atoms with E-state index in [1.165, 1.54) is 24.3 Å². The van der Waals surface area contributed by atoms with Gasteiger partial charge in [-0.25, -0.2) is 0 Å². The second-order valence-corrected chi connectivity index (χ2v) is 8.67. The summed E-state index contributed by atoms with van der Waals surface area (Å²) >= 11 is 0. The number of carbonyl (C=O) groups excluding carboxylic acids is 1. The number of anilines is 1. The smallest absolute Gasteiger partial charge is 0.872 e. The number of fused-ring (bicyclic) bond motifs is 1. The van der Waals surface area contributed by atoms with Crippen LogP contribution in [0.3, 0.4) is 0 Å². The van der Waals surface area contributed by atoms with E-state index < -0.39 is 27.4 Å². The van der Waals surface area contributed by atoms with Gasteiger partial charge in [0.05, 0.1) is 33.6 Å². The van der Waals surface area contributed by atoms with Crippen molar-refractivity contribution in [1.29, 1.82) is 0 Å². The maximum Gasteiger partial charge on any atom is 1.00 e. The molecule has 0 bridgehead atoms. The molecule has 14 heteroatoms. The number of azo groups is 2. The second-order valence-electron chi connectivity index (χ2n) is 7.25. The van der Waals surface area contributed by atoms with Crippen LogP contribution in [0.1, 0.15) is 10.4 Å². The van der Waals surface area contributed by atoms with E-state index in [-0.39, 0.29) is 69.7 Å². The Hall–Kier alpha value is -2.68. The Labute approximate surface area is 255 Å². The van der Waals surface area contributed by atoms with Crippen LogP contribution in [0.15, 0.2) is 98.1 Å². The second kappa shape index (κ2) is 12.7. The average Bonchev–Trinajstić information content (AvgIpc) is 2.82. The molecule has 3 N–H and O–H groups in total. The third-order valence-corrected chi connectivity index (χ3v) is 5.72. The summed E-state index contributed by atoms with van der Waals surface area (Å²) in [6.45, 7) is 0. The van der Waals surface area contributed by atoms with Gasteiger partial charge in [-0.2, -0.15) is 23.8 Å². The van der Waals surface area contributed by atoms with Crippen LogP contribution in [0.2, 0.25) is 0 Å². The molecule has 0 amide bonds. The van der Waals surface area contributed by atoms with Crippen LogP contribution in [0.5, 0.6) is 5.75 Å². The van der Waals surface area contributed by atoms with Gasteiger partial charge in [0.15, 0.2) is 0 Å². The molecule has 0 aromatic heterocycles. The van der Waals surface area contributed by atoms with Gasteiger partial charge in [-0.1, -0.05) is 23.9 Å². The number of hydrogen-bond acceptors (Lipinski definition) is 10. The molecule has 0 aliphatic heterocycles. The van der Waals surface area contributed by atoms with Gasteiger partial charge in [-0.3, -0.25) is 4.55 Å². The zero-order chi connectivity index (χ0) is 25.2. The first-order valence-corrected chi connectivity index (χ1v) is 11.3. The normalized spacial score (nSPS) is 11.4. The Morgan fingerprint density at radius 1 is 0.784 bits per heavy atom. The van der Waals surface area contributed by atoms with Gasteiger partial charge >= 0.3 is 59.1 Å². The number of aromatic carboxylic acids is 1. The first-order chi connectivity index (χ1) is 16.6. The van der Waals surface area contributed by atoms with Crippen LogP contribution in [-0.4, -0.2) is 18.9 Å². The average molecular weight is 535 g/mol. The third kappa shape index (κ3) is 7.43. The molecule has 176 valence electrons. The van der Waals surface area contributed by atoms with Crippen LogP contribution < -0.4 is 75.1 Å². The molecular weight excluding hydrogens is 520 g/mol. The van der Waals surface area contributed by atoms with Crippen LogP contribution in [0.25, 0.3) is 10.8 Å². The number of nitrogens with zero attached hydrogens (tertiary/aromatic N) is 4. The van der Waals surface area contributed by atoms with E-state index in [0.717, 1.165) is 12.1 Å². The summed E-state index contributed by atoms with van der Waals surface area (Å²) in [4.78, 5) is 10.7. The molecule has 4 rings (SSSR count). The number of nitrogen functional groups attached to an aromatic ring is 1. The minimum atomic E-state index is -4.35. The molecule has 0 unspecified atom stereocenters. The summed E-state index contributed by atoms with van der Waals surface area (Å²) in [6, 6.07) is 17.1. The molecule has 4 aromatic carbocycles. The molecule has 37 heavy (non-hydrogen) atoms. The summed E-state index contributed by atoms with van der Waals surface area (Å²) in [7, 11) is -4.35. The van der Waals surface area contributed by atoms with E-state index in [1.807, 2.05) is 0 Å². The fourth-order valence-corrected chi connectivity index (χ4v) is 3.65. The molecule has 0 aliphatic rings. The minimum absolute atomic E-state index is 0. The predicted octanol–water partition coefficient (Wildman–Crippen LogP) is -2.06. The van der Waals surface area contributed by atoms with Crippen molar-refractivity contribution in [2.24, 2.45) is 20.5 Å². The summed E-state index contributed by atoms with van der Waals surface area (Å²) in [6.07, 6.45) is 0. The zero-order valence-electron chi connectivity index (χ0n) is 19.7. The largest absolute Gasteiger partial charge is 1.00 e. The van der Waals surface area contributed by atoms with Crippen molar-refractivity contribution in [3.8, 4) is 5.75 Å². The zero-order valence-corrected chi connectivity index (χ0v) is 24.5. The van der Waals surface area contributed by atoms with E-state index in [2.05, 4.69) is 20.5 Å². The molecule has 0 heterocycles. The van der Waals surface area contributed by atoms with Crippen molar-refractivity contribution in [3.05, 3.63) is 78.4 Å². The Balaban J connectivity index is 0.00000241. The predicted molar refractivity (Wildman–Crippen MR) is 123 cm³/mol. The quantitative estimate of drug-likeness (QED) is 0.123. The fraction of sp³-hybridized carbons (Fsp3) is 0. The van der Waals surface area contributed by atoms with Gasteiger partial charge in [0.2, 0.25) is 0 Å². The van der Waals surface area contributed by atoms with Gasteiger partial charge < -0.3 is 20.7 Å². The molecule has 0 radical (unpaired) electrons. The first-order valence-electron chi connectivity index (χ1n) is 9.87. The third-order valence-electron chi connectivity index (χ3n) is 4.87. The SMILES string of the molecule is Nc1ccc2cc(S(=O)(=O)O)ccc2c1N=Nc1ccc(N=Nc2ccc([O-])c(C(=O)[O-])c2)cc1.[Na+].[Na+]. The Kier molecular flexibility index (Phi) is 10.5. The number of carboxylic acids is 1. The van der Waals surface area contributed by atoms with E-state index in [1.54, 1.807) is 36.4 Å². The maximum atomic E-state index is 11.5. The number of carbonyl (C=O) groups is 1. The summed E-state index contributed by atoms with van der Waals surface area (Å²) in [5.41, 5.74) is 7.26. The van der Waals surface area contributed by atoms with Gasteiger partial charge in [0, 0.05) is 5.39 Å². The Bertz CT molecular complexity index is 1630. The van der Waals surface area contributed by atoms with Crippen molar-refractivity contribution in [2.75, 3.05) is 5.73 Å². The van der Waals surface area contributed by atoms with Gasteiger partial charge in [-0.15, -0.1) is 5.11 Å². The molecule has 0 fully saturated rings. The van der Waals surface area contributed by atoms with Crippen LogP contribution in [0.4, 0.5) is 28.4 Å². The number of carboxylic acid groups (broad SMARTS) is 1. The van der Waals surface area contributed by atoms with Crippen molar-refractivity contribution in [3.63, 3.8) is 0 Å². The van der Waals surface area contributed by atoms with Crippen molar-refractivity contribution >= 4 is 55.3 Å².